The fraction of sp³-hybridized carbons (Fsp3) is 0.533. The van der Waals surface area contributed by atoms with Gasteiger partial charge in [-0.3, -0.25) is 4.79 Å². The van der Waals surface area contributed by atoms with E-state index >= 15 is 0 Å². The van der Waals surface area contributed by atoms with E-state index in [1.54, 1.807) is 6.07 Å². The van der Waals surface area contributed by atoms with E-state index in [9.17, 15) is 9.90 Å². The average Bonchev–Trinajstić information content (AvgIpc) is 2.37. The van der Waals surface area contributed by atoms with Crippen molar-refractivity contribution in [2.45, 2.75) is 45.1 Å². The summed E-state index contributed by atoms with van der Waals surface area (Å²) < 4.78 is 5.43. The number of rotatable bonds is 4. The number of aliphatic hydroxyl groups excluding tert-OH is 1. The number of halogens is 1. The number of aliphatic hydroxyl groups is 1. The highest BCUT2D eigenvalue weighted by Crippen LogP contribution is 2.21. The maximum Gasteiger partial charge on any atom is 0.249 e. The van der Waals surface area contributed by atoms with Crippen LogP contribution in [0.5, 0.6) is 0 Å². The van der Waals surface area contributed by atoms with Crippen LogP contribution >= 0.6 is 11.6 Å². The van der Waals surface area contributed by atoms with Crippen LogP contribution < -0.4 is 5.32 Å². The van der Waals surface area contributed by atoms with Gasteiger partial charge in [-0.05, 0) is 30.4 Å². The molecule has 0 bridgehead atoms. The molecule has 110 valence electrons. The third-order valence-electron chi connectivity index (χ3n) is 3.35. The maximum absolute atomic E-state index is 12.0. The molecule has 20 heavy (non-hydrogen) atoms. The number of hydrogen-bond acceptors (Lipinski definition) is 3. The molecule has 4 nitrogen and oxygen atoms in total. The first kappa shape index (κ1) is 15.3. The molecule has 1 aliphatic rings. The monoisotopic (exact) mass is 297 g/mol. The van der Waals surface area contributed by atoms with Crippen molar-refractivity contribution in [1.29, 1.82) is 0 Å². The molecule has 5 heteroatoms. The van der Waals surface area contributed by atoms with Gasteiger partial charge in [-0.25, -0.2) is 0 Å². The van der Waals surface area contributed by atoms with E-state index in [0.29, 0.717) is 23.8 Å². The van der Waals surface area contributed by atoms with Gasteiger partial charge in [-0.2, -0.15) is 0 Å². The van der Waals surface area contributed by atoms with Crippen LogP contribution in [0.2, 0.25) is 5.02 Å². The summed E-state index contributed by atoms with van der Waals surface area (Å²) in [6.07, 6.45) is -0.539. The van der Waals surface area contributed by atoms with E-state index in [1.165, 1.54) is 0 Å². The lowest BCUT2D eigenvalue weighted by Crippen LogP contribution is -2.57. The van der Waals surface area contributed by atoms with Crippen molar-refractivity contribution in [1.82, 2.24) is 5.32 Å². The van der Waals surface area contributed by atoms with Crippen molar-refractivity contribution >= 4 is 17.5 Å². The zero-order chi connectivity index (χ0) is 14.7. The van der Waals surface area contributed by atoms with Crippen LogP contribution in [-0.2, 0) is 16.0 Å². The lowest BCUT2D eigenvalue weighted by atomic mass is 10.0. The lowest BCUT2D eigenvalue weighted by Gasteiger charge is -2.34. The summed E-state index contributed by atoms with van der Waals surface area (Å²) in [5.74, 6) is 0.166. The maximum atomic E-state index is 12.0. The Morgan fingerprint density at radius 2 is 2.10 bits per heavy atom. The van der Waals surface area contributed by atoms with Gasteiger partial charge >= 0.3 is 0 Å². The van der Waals surface area contributed by atoms with Gasteiger partial charge in [-0.15, -0.1) is 0 Å². The number of ether oxygens (including phenoxy) is 1. The molecule has 1 heterocycles. The molecule has 1 unspecified atom stereocenters. The van der Waals surface area contributed by atoms with Gasteiger partial charge in [0.1, 0.15) is 6.10 Å². The highest BCUT2D eigenvalue weighted by atomic mass is 35.5. The molecule has 2 rings (SSSR count). The molecular weight excluding hydrogens is 278 g/mol. The van der Waals surface area contributed by atoms with E-state index in [4.69, 9.17) is 16.3 Å². The Hall–Kier alpha value is -1.10. The van der Waals surface area contributed by atoms with Crippen molar-refractivity contribution in [3.63, 3.8) is 0 Å². The number of benzene rings is 1. The molecule has 0 radical (unpaired) electrons. The quantitative estimate of drug-likeness (QED) is 0.895. The Morgan fingerprint density at radius 3 is 2.75 bits per heavy atom. The van der Waals surface area contributed by atoms with Crippen molar-refractivity contribution in [2.75, 3.05) is 0 Å². The van der Waals surface area contributed by atoms with E-state index in [0.717, 1.165) is 5.56 Å². The van der Waals surface area contributed by atoms with Gasteiger partial charge in [0.2, 0.25) is 5.91 Å². The normalized spacial score (nSPS) is 26.6. The predicted octanol–water partition coefficient (Wildman–Crippen LogP) is 2.13. The van der Waals surface area contributed by atoms with Crippen molar-refractivity contribution < 1.29 is 14.6 Å². The number of carbonyl (C=O) groups is 1. The minimum atomic E-state index is -1.01. The van der Waals surface area contributed by atoms with Crippen LogP contribution in [0.3, 0.4) is 0 Å². The highest BCUT2D eigenvalue weighted by Gasteiger charge is 2.35. The third kappa shape index (κ3) is 3.72. The third-order valence-corrected chi connectivity index (χ3v) is 3.72. The molecule has 1 aromatic rings. The zero-order valence-electron chi connectivity index (χ0n) is 11.7. The largest absolute Gasteiger partial charge is 0.366 e. The molecule has 1 saturated heterocycles. The minimum absolute atomic E-state index is 0.166. The molecule has 1 fully saturated rings. The average molecular weight is 298 g/mol. The molecule has 2 N–H and O–H groups in total. The molecule has 1 aromatic carbocycles. The van der Waals surface area contributed by atoms with Crippen LogP contribution in [0, 0.1) is 5.92 Å². The summed E-state index contributed by atoms with van der Waals surface area (Å²) in [5, 5.41) is 13.5. The Morgan fingerprint density at radius 1 is 1.40 bits per heavy atom. The first-order valence-corrected chi connectivity index (χ1v) is 7.22. The smallest absolute Gasteiger partial charge is 0.249 e. The number of amides is 1. The van der Waals surface area contributed by atoms with Crippen LogP contribution in [-0.4, -0.2) is 29.4 Å². The van der Waals surface area contributed by atoms with E-state index in [2.05, 4.69) is 5.32 Å². The zero-order valence-corrected chi connectivity index (χ0v) is 12.4. The second-order valence-corrected chi connectivity index (χ2v) is 5.96. The minimum Gasteiger partial charge on any atom is -0.366 e. The summed E-state index contributed by atoms with van der Waals surface area (Å²) >= 11 is 6.09. The van der Waals surface area contributed by atoms with Crippen LogP contribution in [0.15, 0.2) is 24.3 Å². The Balaban J connectivity index is 2.01. The standard InChI is InChI=1S/C15H20ClNO3/c1-9(2)7-13-14(18)17-12(15(19)20-13)8-10-5-3-4-6-11(10)16/h3-6,9,12-13,15,19H,7-8H2,1-2H3,(H,17,18)/t12-,13-,15?/m0/s1. The van der Waals surface area contributed by atoms with E-state index < -0.39 is 18.4 Å². The summed E-state index contributed by atoms with van der Waals surface area (Å²) in [6.45, 7) is 4.03. The number of morpholine rings is 1. The molecule has 0 aromatic heterocycles. The van der Waals surface area contributed by atoms with Gasteiger partial charge in [0, 0.05) is 5.02 Å². The first-order valence-electron chi connectivity index (χ1n) is 6.84. The predicted molar refractivity (Wildman–Crippen MR) is 77.4 cm³/mol. The van der Waals surface area contributed by atoms with Crippen LogP contribution in [0.1, 0.15) is 25.8 Å². The van der Waals surface area contributed by atoms with Crippen molar-refractivity contribution in [3.05, 3.63) is 34.9 Å². The number of carbonyl (C=O) groups excluding carboxylic acids is 1. The van der Waals surface area contributed by atoms with Crippen LogP contribution in [0.25, 0.3) is 0 Å². The molecule has 1 amide bonds. The first-order chi connectivity index (χ1) is 9.47. The Bertz CT molecular complexity index is 478. The van der Waals surface area contributed by atoms with Gasteiger partial charge < -0.3 is 15.2 Å². The summed E-state index contributed by atoms with van der Waals surface area (Å²) in [6, 6.07) is 6.92. The molecular formula is C15H20ClNO3. The van der Waals surface area contributed by atoms with Gasteiger partial charge in [0.25, 0.3) is 0 Å². The number of hydrogen-bond donors (Lipinski definition) is 2. The van der Waals surface area contributed by atoms with Crippen molar-refractivity contribution in [3.8, 4) is 0 Å². The molecule has 3 atom stereocenters. The highest BCUT2D eigenvalue weighted by molar-refractivity contribution is 6.31. The molecule has 0 spiro atoms. The summed E-state index contributed by atoms with van der Waals surface area (Å²) in [7, 11) is 0. The number of nitrogens with one attached hydrogen (secondary N) is 1. The Labute approximate surface area is 124 Å². The summed E-state index contributed by atoms with van der Waals surface area (Å²) in [5.41, 5.74) is 0.879. The second kappa shape index (κ2) is 6.57. The van der Waals surface area contributed by atoms with Gasteiger partial charge in [0.05, 0.1) is 6.04 Å². The van der Waals surface area contributed by atoms with Crippen molar-refractivity contribution in [2.24, 2.45) is 5.92 Å². The fourth-order valence-electron chi connectivity index (χ4n) is 2.32. The van der Waals surface area contributed by atoms with Gasteiger partial charge in [-0.1, -0.05) is 43.6 Å². The lowest BCUT2D eigenvalue weighted by molar-refractivity contribution is -0.191. The molecule has 0 saturated carbocycles. The summed E-state index contributed by atoms with van der Waals surface area (Å²) in [4.78, 5) is 12.0. The second-order valence-electron chi connectivity index (χ2n) is 5.56. The molecule has 0 aliphatic carbocycles. The van der Waals surface area contributed by atoms with E-state index in [1.807, 2.05) is 32.0 Å². The van der Waals surface area contributed by atoms with E-state index in [-0.39, 0.29) is 5.91 Å². The fourth-order valence-corrected chi connectivity index (χ4v) is 2.53. The Kier molecular flexibility index (Phi) is 5.02. The molecule has 1 aliphatic heterocycles. The van der Waals surface area contributed by atoms with Gasteiger partial charge in [0.15, 0.2) is 6.29 Å². The topological polar surface area (TPSA) is 58.6 Å². The van der Waals surface area contributed by atoms with Crippen LogP contribution in [0.4, 0.5) is 0 Å². The SMILES string of the molecule is CC(C)C[C@@H]1OC(O)[C@H](Cc2ccccc2Cl)NC1=O.